The smallest absolute Gasteiger partial charge is 0.104 e. The average molecular weight is 232 g/mol. The average Bonchev–Trinajstić information content (AvgIpc) is 2.25. The van der Waals surface area contributed by atoms with Gasteiger partial charge in [0.25, 0.3) is 0 Å². The van der Waals surface area contributed by atoms with Gasteiger partial charge < -0.3 is 5.11 Å². The number of hydrogen-bond donors (Lipinski definition) is 1. The summed E-state index contributed by atoms with van der Waals surface area (Å²) in [5.74, 6) is 1.14. The summed E-state index contributed by atoms with van der Waals surface area (Å²) < 4.78 is 12.4. The van der Waals surface area contributed by atoms with E-state index < -0.39 is 12.2 Å². The molecule has 4 unspecified atom stereocenters. The van der Waals surface area contributed by atoms with Crippen LogP contribution in [-0.4, -0.2) is 17.3 Å². The van der Waals surface area contributed by atoms with Gasteiger partial charge in [0.2, 0.25) is 0 Å². The fourth-order valence-electron chi connectivity index (χ4n) is 2.63. The molecule has 1 aliphatic rings. The molecule has 1 aliphatic carbocycles. The summed E-state index contributed by atoms with van der Waals surface area (Å²) in [6.45, 7) is 6.44. The quantitative estimate of drug-likeness (QED) is 0.786. The number of halogens is 1. The van der Waals surface area contributed by atoms with Gasteiger partial charge >= 0.3 is 0 Å². The van der Waals surface area contributed by atoms with Crippen molar-refractivity contribution in [2.75, 3.05) is 0 Å². The first kappa shape index (κ1) is 13.9. The van der Waals surface area contributed by atoms with Crippen LogP contribution < -0.4 is 0 Å². The molecule has 0 aromatic heterocycles. The number of rotatable bonds is 5. The molecule has 0 spiro atoms. The Morgan fingerprint density at radius 3 is 2.56 bits per heavy atom. The summed E-state index contributed by atoms with van der Waals surface area (Å²) in [7, 11) is 0. The van der Waals surface area contributed by atoms with Crippen LogP contribution in [-0.2, 0) is 4.94 Å². The highest BCUT2D eigenvalue weighted by Gasteiger charge is 2.34. The monoisotopic (exact) mass is 232 g/mol. The van der Waals surface area contributed by atoms with Crippen LogP contribution in [0.3, 0.4) is 0 Å². The molecule has 0 aliphatic heterocycles. The molecule has 1 saturated carbocycles. The zero-order valence-corrected chi connectivity index (χ0v) is 10.7. The molecule has 0 bridgehead atoms. The number of aliphatic hydroxyl groups is 1. The van der Waals surface area contributed by atoms with E-state index in [2.05, 4.69) is 25.7 Å². The maximum atomic E-state index is 12.4. The summed E-state index contributed by atoms with van der Waals surface area (Å²) >= 11 is 0. The molecule has 0 aromatic carbocycles. The fourth-order valence-corrected chi connectivity index (χ4v) is 2.63. The van der Waals surface area contributed by atoms with E-state index in [0.717, 1.165) is 32.1 Å². The fraction of sp³-hybridized carbons (Fsp3) is 1.00. The largest absolute Gasteiger partial charge is 0.393 e. The lowest BCUT2D eigenvalue weighted by molar-refractivity contribution is -0.219. The van der Waals surface area contributed by atoms with E-state index in [1.807, 2.05) is 0 Å². The molecule has 0 aromatic rings. The number of hydrogen-bond acceptors (Lipinski definition) is 2. The van der Waals surface area contributed by atoms with E-state index in [1.165, 1.54) is 0 Å². The molecule has 1 fully saturated rings. The number of aliphatic hydroxyl groups excluding tert-OH is 1. The van der Waals surface area contributed by atoms with Gasteiger partial charge in [0.05, 0.1) is 6.10 Å². The van der Waals surface area contributed by atoms with Crippen LogP contribution in [0, 0.1) is 17.8 Å². The molecule has 16 heavy (non-hydrogen) atoms. The molecular formula is C13H25FO2. The Bertz CT molecular complexity index is 196. The van der Waals surface area contributed by atoms with Gasteiger partial charge in [-0.05, 0) is 48.5 Å². The standard InChI is InChI=1S/C13H25FO2/c1-9(2)4-6-12(15)11-8-10(3)5-7-13(11)16-14/h9-13,15H,4-8H2,1-3H3. The maximum Gasteiger partial charge on any atom is 0.104 e. The first-order chi connectivity index (χ1) is 7.54. The molecule has 3 heteroatoms. The molecule has 96 valence electrons. The molecular weight excluding hydrogens is 207 g/mol. The van der Waals surface area contributed by atoms with Crippen LogP contribution in [0.1, 0.15) is 52.9 Å². The third kappa shape index (κ3) is 4.02. The lowest BCUT2D eigenvalue weighted by Gasteiger charge is -2.35. The van der Waals surface area contributed by atoms with E-state index >= 15 is 0 Å². The summed E-state index contributed by atoms with van der Waals surface area (Å²) in [6, 6.07) is 0. The van der Waals surface area contributed by atoms with E-state index in [9.17, 15) is 9.63 Å². The lowest BCUT2D eigenvalue weighted by Crippen LogP contribution is -2.37. The SMILES string of the molecule is CC(C)CCC(O)C1CC(C)CCC1OF. The van der Waals surface area contributed by atoms with Gasteiger partial charge in [0.1, 0.15) is 6.10 Å². The second-order valence-corrected chi connectivity index (χ2v) is 5.75. The predicted octanol–water partition coefficient (Wildman–Crippen LogP) is 3.49. The lowest BCUT2D eigenvalue weighted by atomic mass is 9.76. The zero-order valence-electron chi connectivity index (χ0n) is 10.7. The van der Waals surface area contributed by atoms with Gasteiger partial charge in [-0.15, -0.1) is 0 Å². The van der Waals surface area contributed by atoms with Gasteiger partial charge in [0, 0.05) is 5.92 Å². The Kier molecular flexibility index (Phi) is 5.70. The topological polar surface area (TPSA) is 29.5 Å². The molecule has 2 nitrogen and oxygen atoms in total. The highest BCUT2D eigenvalue weighted by Crippen LogP contribution is 2.34. The van der Waals surface area contributed by atoms with Crippen LogP contribution in [0.2, 0.25) is 0 Å². The van der Waals surface area contributed by atoms with Crippen molar-refractivity contribution in [2.24, 2.45) is 17.8 Å². The van der Waals surface area contributed by atoms with E-state index in [0.29, 0.717) is 11.8 Å². The van der Waals surface area contributed by atoms with Crippen molar-refractivity contribution in [3.05, 3.63) is 0 Å². The van der Waals surface area contributed by atoms with Gasteiger partial charge in [-0.25, -0.2) is 0 Å². The summed E-state index contributed by atoms with van der Waals surface area (Å²) in [6.07, 6.45) is 3.57. The molecule has 0 heterocycles. The predicted molar refractivity (Wildman–Crippen MR) is 62.6 cm³/mol. The Morgan fingerprint density at radius 2 is 2.00 bits per heavy atom. The van der Waals surface area contributed by atoms with Crippen molar-refractivity contribution in [1.29, 1.82) is 0 Å². The van der Waals surface area contributed by atoms with Crippen LogP contribution >= 0.6 is 0 Å². The van der Waals surface area contributed by atoms with Crippen molar-refractivity contribution < 1.29 is 14.6 Å². The van der Waals surface area contributed by atoms with Gasteiger partial charge in [-0.2, -0.15) is 4.94 Å². The van der Waals surface area contributed by atoms with Crippen LogP contribution in [0.4, 0.5) is 4.53 Å². The first-order valence-corrected chi connectivity index (χ1v) is 6.50. The van der Waals surface area contributed by atoms with E-state index in [-0.39, 0.29) is 5.92 Å². The van der Waals surface area contributed by atoms with Gasteiger partial charge in [-0.3, -0.25) is 0 Å². The van der Waals surface area contributed by atoms with Crippen molar-refractivity contribution in [1.82, 2.24) is 0 Å². The second-order valence-electron chi connectivity index (χ2n) is 5.75. The van der Waals surface area contributed by atoms with Crippen molar-refractivity contribution in [3.8, 4) is 0 Å². The molecule has 4 atom stereocenters. The molecule has 0 amide bonds. The Balaban J connectivity index is 2.46. The normalized spacial score (nSPS) is 33.0. The maximum absolute atomic E-state index is 12.4. The van der Waals surface area contributed by atoms with Crippen LogP contribution in [0.25, 0.3) is 0 Å². The third-order valence-corrected chi connectivity index (χ3v) is 3.74. The van der Waals surface area contributed by atoms with Crippen LogP contribution in [0.15, 0.2) is 0 Å². The van der Waals surface area contributed by atoms with E-state index in [4.69, 9.17) is 0 Å². The molecule has 1 N–H and O–H groups in total. The molecule has 1 rings (SSSR count). The van der Waals surface area contributed by atoms with Crippen molar-refractivity contribution in [3.63, 3.8) is 0 Å². The first-order valence-electron chi connectivity index (χ1n) is 6.50. The minimum Gasteiger partial charge on any atom is -0.393 e. The summed E-state index contributed by atoms with van der Waals surface area (Å²) in [5.41, 5.74) is 0. The highest BCUT2D eigenvalue weighted by molar-refractivity contribution is 4.83. The van der Waals surface area contributed by atoms with Crippen molar-refractivity contribution >= 4 is 0 Å². The van der Waals surface area contributed by atoms with Gasteiger partial charge in [-0.1, -0.05) is 20.8 Å². The highest BCUT2D eigenvalue weighted by atomic mass is 19.3. The second kappa shape index (κ2) is 6.55. The summed E-state index contributed by atoms with van der Waals surface area (Å²) in [4.78, 5) is 4.02. The van der Waals surface area contributed by atoms with Gasteiger partial charge in [0.15, 0.2) is 0 Å². The Hall–Kier alpha value is -0.150. The van der Waals surface area contributed by atoms with E-state index in [1.54, 1.807) is 0 Å². The zero-order chi connectivity index (χ0) is 12.1. The summed E-state index contributed by atoms with van der Waals surface area (Å²) in [5, 5.41) is 10.1. The minimum absolute atomic E-state index is 0.0208. The Labute approximate surface area is 98.1 Å². The molecule has 0 saturated heterocycles. The molecule has 0 radical (unpaired) electrons. The van der Waals surface area contributed by atoms with Crippen LogP contribution in [0.5, 0.6) is 0 Å². The van der Waals surface area contributed by atoms with Crippen molar-refractivity contribution in [2.45, 2.75) is 65.1 Å². The minimum atomic E-state index is -0.411. The Morgan fingerprint density at radius 1 is 1.31 bits per heavy atom. The third-order valence-electron chi connectivity index (χ3n) is 3.74.